The number of hydrogen-bond acceptors (Lipinski definition) is 2. The summed E-state index contributed by atoms with van der Waals surface area (Å²) in [5.41, 5.74) is 1.41. The zero-order valence-electron chi connectivity index (χ0n) is 17.1. The molecule has 0 spiro atoms. The first-order valence-electron chi connectivity index (χ1n) is 10.2. The first-order valence-corrected chi connectivity index (χ1v) is 11.0. The van der Waals surface area contributed by atoms with Crippen molar-refractivity contribution in [2.45, 2.75) is 83.7 Å². The van der Waals surface area contributed by atoms with Gasteiger partial charge in [-0.25, -0.2) is 0 Å². The minimum atomic E-state index is 0.124. The molecule has 1 amide bonds. The molecule has 1 atom stereocenters. The average molecular weight is 413 g/mol. The SMILES string of the molecule is CC(C)CC(NCCCC(=O)NC(C)C)C1(c2ccc(Cl)c(Cl)c2)CCC1. The fourth-order valence-corrected chi connectivity index (χ4v) is 4.39. The number of rotatable bonds is 10. The van der Waals surface area contributed by atoms with E-state index in [4.69, 9.17) is 23.2 Å². The third kappa shape index (κ3) is 6.10. The van der Waals surface area contributed by atoms with Crippen molar-refractivity contribution < 1.29 is 4.79 Å². The van der Waals surface area contributed by atoms with Crippen molar-refractivity contribution in [2.24, 2.45) is 5.92 Å². The summed E-state index contributed by atoms with van der Waals surface area (Å²) in [4.78, 5) is 11.9. The highest BCUT2D eigenvalue weighted by atomic mass is 35.5. The fourth-order valence-electron chi connectivity index (χ4n) is 4.10. The van der Waals surface area contributed by atoms with Crippen LogP contribution in [0.4, 0.5) is 0 Å². The Labute approximate surface area is 174 Å². The van der Waals surface area contributed by atoms with E-state index in [1.54, 1.807) is 0 Å². The van der Waals surface area contributed by atoms with Crippen molar-refractivity contribution in [3.8, 4) is 0 Å². The number of halogens is 2. The second-order valence-corrected chi connectivity index (χ2v) is 9.42. The summed E-state index contributed by atoms with van der Waals surface area (Å²) in [6.45, 7) is 9.38. The van der Waals surface area contributed by atoms with E-state index in [0.717, 1.165) is 19.4 Å². The second kappa shape index (κ2) is 10.1. The molecule has 1 aromatic carbocycles. The first-order chi connectivity index (χ1) is 12.7. The van der Waals surface area contributed by atoms with E-state index in [0.29, 0.717) is 28.4 Å². The van der Waals surface area contributed by atoms with Gasteiger partial charge >= 0.3 is 0 Å². The van der Waals surface area contributed by atoms with Crippen LogP contribution >= 0.6 is 23.2 Å². The van der Waals surface area contributed by atoms with Gasteiger partial charge in [-0.15, -0.1) is 0 Å². The molecule has 0 radical (unpaired) electrons. The van der Waals surface area contributed by atoms with Gasteiger partial charge in [-0.05, 0) is 69.7 Å². The van der Waals surface area contributed by atoms with Gasteiger partial charge in [0.1, 0.15) is 0 Å². The average Bonchev–Trinajstić information content (AvgIpc) is 2.52. The summed E-state index contributed by atoms with van der Waals surface area (Å²) in [6.07, 6.45) is 6.11. The van der Waals surface area contributed by atoms with E-state index < -0.39 is 0 Å². The van der Waals surface area contributed by atoms with Crippen LogP contribution in [0.5, 0.6) is 0 Å². The standard InChI is InChI=1S/C22H34Cl2N2O/c1-15(2)13-20(25-12-5-7-21(27)26-16(3)4)22(10-6-11-22)17-8-9-18(23)19(24)14-17/h8-9,14-16,20,25H,5-7,10-13H2,1-4H3,(H,26,27). The molecule has 3 nitrogen and oxygen atoms in total. The number of amides is 1. The Morgan fingerprint density at radius 3 is 2.37 bits per heavy atom. The highest BCUT2D eigenvalue weighted by molar-refractivity contribution is 6.42. The molecule has 1 aliphatic carbocycles. The lowest BCUT2D eigenvalue weighted by Gasteiger charge is -2.49. The Morgan fingerprint density at radius 1 is 1.15 bits per heavy atom. The molecule has 152 valence electrons. The molecule has 2 rings (SSSR count). The van der Waals surface area contributed by atoms with E-state index in [1.165, 1.54) is 24.8 Å². The van der Waals surface area contributed by atoms with Gasteiger partial charge in [-0.3, -0.25) is 4.79 Å². The van der Waals surface area contributed by atoms with E-state index >= 15 is 0 Å². The monoisotopic (exact) mass is 412 g/mol. The topological polar surface area (TPSA) is 41.1 Å². The highest BCUT2D eigenvalue weighted by Gasteiger charge is 2.45. The second-order valence-electron chi connectivity index (χ2n) is 8.60. The van der Waals surface area contributed by atoms with Crippen LogP contribution in [0.2, 0.25) is 10.0 Å². The zero-order valence-corrected chi connectivity index (χ0v) is 18.6. The number of benzene rings is 1. The molecule has 0 heterocycles. The maximum atomic E-state index is 11.9. The molecule has 2 N–H and O–H groups in total. The molecular formula is C22H34Cl2N2O. The van der Waals surface area contributed by atoms with Crippen LogP contribution in [0.15, 0.2) is 18.2 Å². The summed E-state index contributed by atoms with van der Waals surface area (Å²) in [5.74, 6) is 0.738. The van der Waals surface area contributed by atoms with Gasteiger partial charge in [-0.1, -0.05) is 49.5 Å². The van der Waals surface area contributed by atoms with Crippen molar-refractivity contribution in [1.82, 2.24) is 10.6 Å². The molecule has 5 heteroatoms. The number of nitrogens with one attached hydrogen (secondary N) is 2. The van der Waals surface area contributed by atoms with Gasteiger partial charge < -0.3 is 10.6 Å². The van der Waals surface area contributed by atoms with Crippen molar-refractivity contribution in [1.29, 1.82) is 0 Å². The summed E-state index contributed by atoms with van der Waals surface area (Å²) >= 11 is 12.5. The first kappa shape index (κ1) is 22.5. The lowest BCUT2D eigenvalue weighted by atomic mass is 9.59. The number of hydrogen-bond donors (Lipinski definition) is 2. The van der Waals surface area contributed by atoms with Crippen LogP contribution in [0.3, 0.4) is 0 Å². The Balaban J connectivity index is 2.04. The third-order valence-electron chi connectivity index (χ3n) is 5.54. The van der Waals surface area contributed by atoms with Gasteiger partial charge in [0.2, 0.25) is 5.91 Å². The van der Waals surface area contributed by atoms with Gasteiger partial charge in [0.25, 0.3) is 0 Å². The maximum absolute atomic E-state index is 11.9. The maximum Gasteiger partial charge on any atom is 0.220 e. The molecule has 1 fully saturated rings. The summed E-state index contributed by atoms with van der Waals surface area (Å²) in [7, 11) is 0. The third-order valence-corrected chi connectivity index (χ3v) is 6.27. The Morgan fingerprint density at radius 2 is 1.85 bits per heavy atom. The molecular weight excluding hydrogens is 379 g/mol. The molecule has 0 saturated heterocycles. The van der Waals surface area contributed by atoms with Crippen molar-refractivity contribution >= 4 is 29.1 Å². The fraction of sp³-hybridized carbons (Fsp3) is 0.682. The quantitative estimate of drug-likeness (QED) is 0.482. The predicted octanol–water partition coefficient (Wildman–Crippen LogP) is 5.72. The van der Waals surface area contributed by atoms with Crippen molar-refractivity contribution in [3.63, 3.8) is 0 Å². The normalized spacial score (nSPS) is 17.0. The molecule has 0 aromatic heterocycles. The van der Waals surface area contributed by atoms with Gasteiger partial charge in [0.05, 0.1) is 10.0 Å². The predicted molar refractivity (Wildman–Crippen MR) is 116 cm³/mol. The number of carbonyl (C=O) groups excluding carboxylic acids is 1. The zero-order chi connectivity index (χ0) is 20.0. The molecule has 27 heavy (non-hydrogen) atoms. The van der Waals surface area contributed by atoms with Crippen LogP contribution < -0.4 is 10.6 Å². The lowest BCUT2D eigenvalue weighted by molar-refractivity contribution is -0.121. The highest BCUT2D eigenvalue weighted by Crippen LogP contribution is 2.49. The summed E-state index contributed by atoms with van der Waals surface area (Å²) in [5, 5.41) is 7.98. The van der Waals surface area contributed by atoms with Gasteiger partial charge in [0, 0.05) is 23.9 Å². The summed E-state index contributed by atoms with van der Waals surface area (Å²) in [6, 6.07) is 6.69. The van der Waals surface area contributed by atoms with Crippen LogP contribution in [0.25, 0.3) is 0 Å². The van der Waals surface area contributed by atoms with Crippen molar-refractivity contribution in [2.75, 3.05) is 6.54 Å². The molecule has 0 bridgehead atoms. The molecule has 1 aliphatic rings. The molecule has 0 aliphatic heterocycles. The Kier molecular flexibility index (Phi) is 8.45. The van der Waals surface area contributed by atoms with Gasteiger partial charge in [-0.2, -0.15) is 0 Å². The Bertz CT molecular complexity index is 627. The van der Waals surface area contributed by atoms with Crippen LogP contribution in [-0.2, 0) is 10.2 Å². The largest absolute Gasteiger partial charge is 0.354 e. The van der Waals surface area contributed by atoms with E-state index in [-0.39, 0.29) is 17.4 Å². The summed E-state index contributed by atoms with van der Waals surface area (Å²) < 4.78 is 0. The lowest BCUT2D eigenvalue weighted by Crippen LogP contribution is -2.53. The minimum absolute atomic E-state index is 0.124. The number of carbonyl (C=O) groups is 1. The molecule has 1 saturated carbocycles. The van der Waals surface area contributed by atoms with Crippen molar-refractivity contribution in [3.05, 3.63) is 33.8 Å². The molecule has 1 unspecified atom stereocenters. The van der Waals surface area contributed by atoms with E-state index in [1.807, 2.05) is 26.0 Å². The van der Waals surface area contributed by atoms with E-state index in [2.05, 4.69) is 30.5 Å². The molecule has 1 aromatic rings. The minimum Gasteiger partial charge on any atom is -0.354 e. The van der Waals surface area contributed by atoms with E-state index in [9.17, 15) is 4.79 Å². The van der Waals surface area contributed by atoms with Crippen LogP contribution in [0, 0.1) is 5.92 Å². The smallest absolute Gasteiger partial charge is 0.220 e. The van der Waals surface area contributed by atoms with Gasteiger partial charge in [0.15, 0.2) is 0 Å². The Hall–Kier alpha value is -0.770. The van der Waals surface area contributed by atoms with Crippen LogP contribution in [0.1, 0.15) is 71.8 Å². The van der Waals surface area contributed by atoms with Crippen LogP contribution in [-0.4, -0.2) is 24.5 Å².